The van der Waals surface area contributed by atoms with E-state index in [0.717, 1.165) is 0 Å². The lowest BCUT2D eigenvalue weighted by atomic mass is 9.93. The number of amides is 2. The molecule has 108 valence electrons. The zero-order valence-electron chi connectivity index (χ0n) is 12.0. The monoisotopic (exact) mass is 270 g/mol. The highest BCUT2D eigenvalue weighted by Gasteiger charge is 2.38. The number of carboxylic acids is 1. The van der Waals surface area contributed by atoms with Crippen LogP contribution in [0.4, 0.5) is 0 Å². The topological polar surface area (TPSA) is 77.9 Å². The van der Waals surface area contributed by atoms with Crippen molar-refractivity contribution in [2.75, 3.05) is 20.1 Å². The maximum atomic E-state index is 12.3. The van der Waals surface area contributed by atoms with Gasteiger partial charge in [0, 0.05) is 33.0 Å². The lowest BCUT2D eigenvalue weighted by Gasteiger charge is -2.37. The fraction of sp³-hybridized carbons (Fsp3) is 0.769. The lowest BCUT2D eigenvalue weighted by molar-refractivity contribution is -0.157. The molecule has 6 nitrogen and oxygen atoms in total. The van der Waals surface area contributed by atoms with Gasteiger partial charge in [0.05, 0.1) is 0 Å². The number of aliphatic carboxylic acids is 1. The zero-order valence-corrected chi connectivity index (χ0v) is 12.0. The highest BCUT2D eigenvalue weighted by atomic mass is 16.4. The Morgan fingerprint density at radius 2 is 1.68 bits per heavy atom. The first kappa shape index (κ1) is 15.5. The maximum Gasteiger partial charge on any atom is 0.329 e. The molecule has 0 unspecified atom stereocenters. The fourth-order valence-electron chi connectivity index (χ4n) is 2.13. The van der Waals surface area contributed by atoms with Crippen molar-refractivity contribution in [1.82, 2.24) is 9.80 Å². The molecule has 0 atom stereocenters. The predicted octanol–water partition coefficient (Wildman–Crippen LogP) is 0.566. The summed E-state index contributed by atoms with van der Waals surface area (Å²) in [6.45, 7) is 5.66. The second-order valence-corrected chi connectivity index (χ2v) is 5.54. The van der Waals surface area contributed by atoms with Crippen molar-refractivity contribution < 1.29 is 19.5 Å². The van der Waals surface area contributed by atoms with E-state index in [9.17, 15) is 14.4 Å². The zero-order chi connectivity index (χ0) is 14.8. The molecule has 0 bridgehead atoms. The van der Waals surface area contributed by atoms with Gasteiger partial charge in [-0.2, -0.15) is 0 Å². The van der Waals surface area contributed by atoms with Gasteiger partial charge in [0.25, 0.3) is 0 Å². The fourth-order valence-corrected chi connectivity index (χ4v) is 2.13. The van der Waals surface area contributed by atoms with Gasteiger partial charge < -0.3 is 14.9 Å². The van der Waals surface area contributed by atoms with E-state index in [2.05, 4.69) is 0 Å². The van der Waals surface area contributed by atoms with Crippen LogP contribution in [0.2, 0.25) is 0 Å². The van der Waals surface area contributed by atoms with E-state index in [4.69, 9.17) is 5.11 Å². The summed E-state index contributed by atoms with van der Waals surface area (Å²) in [6, 6.07) is 0. The number of piperidine rings is 1. The SMILES string of the molecule is CC(=O)N1CCC(C(=O)N(C)C(C)(C)C(=O)O)CC1. The Hall–Kier alpha value is -1.59. The highest BCUT2D eigenvalue weighted by Crippen LogP contribution is 2.23. The van der Waals surface area contributed by atoms with Crippen LogP contribution in [0.1, 0.15) is 33.6 Å². The van der Waals surface area contributed by atoms with Gasteiger partial charge in [-0.3, -0.25) is 9.59 Å². The molecule has 0 aromatic heterocycles. The molecule has 1 rings (SSSR count). The molecule has 6 heteroatoms. The summed E-state index contributed by atoms with van der Waals surface area (Å²) < 4.78 is 0. The largest absolute Gasteiger partial charge is 0.480 e. The van der Waals surface area contributed by atoms with Crippen LogP contribution < -0.4 is 0 Å². The van der Waals surface area contributed by atoms with E-state index >= 15 is 0 Å². The average molecular weight is 270 g/mol. The molecule has 0 aromatic rings. The van der Waals surface area contributed by atoms with Crippen molar-refractivity contribution in [2.45, 2.75) is 39.2 Å². The van der Waals surface area contributed by atoms with Crippen molar-refractivity contribution in [3.05, 3.63) is 0 Å². The predicted molar refractivity (Wildman–Crippen MR) is 69.5 cm³/mol. The van der Waals surface area contributed by atoms with Crippen LogP contribution in [0.25, 0.3) is 0 Å². The van der Waals surface area contributed by atoms with E-state index in [1.807, 2.05) is 0 Å². The Morgan fingerprint density at radius 1 is 1.21 bits per heavy atom. The quantitative estimate of drug-likeness (QED) is 0.813. The van der Waals surface area contributed by atoms with Crippen molar-refractivity contribution in [3.63, 3.8) is 0 Å². The van der Waals surface area contributed by atoms with Gasteiger partial charge in [0.2, 0.25) is 11.8 Å². The van der Waals surface area contributed by atoms with Gasteiger partial charge in [0.15, 0.2) is 0 Å². The number of nitrogens with zero attached hydrogens (tertiary/aromatic N) is 2. The molecule has 2 amide bonds. The van der Waals surface area contributed by atoms with Gasteiger partial charge in [0.1, 0.15) is 5.54 Å². The maximum absolute atomic E-state index is 12.3. The summed E-state index contributed by atoms with van der Waals surface area (Å²) >= 11 is 0. The smallest absolute Gasteiger partial charge is 0.329 e. The van der Waals surface area contributed by atoms with Gasteiger partial charge in [-0.15, -0.1) is 0 Å². The third kappa shape index (κ3) is 3.24. The molecule has 1 saturated heterocycles. The second kappa shape index (κ2) is 5.59. The Morgan fingerprint density at radius 3 is 2.05 bits per heavy atom. The highest BCUT2D eigenvalue weighted by molar-refractivity contribution is 5.87. The van der Waals surface area contributed by atoms with Crippen LogP contribution in [0.15, 0.2) is 0 Å². The molecule has 1 fully saturated rings. The number of likely N-dealkylation sites (tertiary alicyclic amines) is 1. The van der Waals surface area contributed by atoms with E-state index < -0.39 is 11.5 Å². The number of carbonyl (C=O) groups excluding carboxylic acids is 2. The summed E-state index contributed by atoms with van der Waals surface area (Å²) in [6.07, 6.45) is 1.19. The lowest BCUT2D eigenvalue weighted by Crippen LogP contribution is -2.53. The Balaban J connectivity index is 2.65. The van der Waals surface area contributed by atoms with Crippen molar-refractivity contribution in [2.24, 2.45) is 5.92 Å². The van der Waals surface area contributed by atoms with Crippen molar-refractivity contribution >= 4 is 17.8 Å². The molecule has 1 aliphatic heterocycles. The van der Waals surface area contributed by atoms with E-state index in [1.54, 1.807) is 4.90 Å². The number of carboxylic acid groups (broad SMARTS) is 1. The first-order valence-corrected chi connectivity index (χ1v) is 6.44. The molecule has 0 radical (unpaired) electrons. The molecule has 1 heterocycles. The van der Waals surface area contributed by atoms with E-state index in [1.165, 1.54) is 32.7 Å². The molecule has 0 spiro atoms. The molecule has 0 saturated carbocycles. The Bertz CT molecular complexity index is 384. The number of hydrogen-bond donors (Lipinski definition) is 1. The summed E-state index contributed by atoms with van der Waals surface area (Å²) in [5.74, 6) is -1.36. The molecule has 1 N–H and O–H groups in total. The normalized spacial score (nSPS) is 17.2. The molecular weight excluding hydrogens is 248 g/mol. The Labute approximate surface area is 113 Å². The second-order valence-electron chi connectivity index (χ2n) is 5.54. The summed E-state index contributed by atoms with van der Waals surface area (Å²) in [7, 11) is 1.52. The van der Waals surface area contributed by atoms with Crippen LogP contribution in [0, 0.1) is 5.92 Å². The summed E-state index contributed by atoms with van der Waals surface area (Å²) in [5.41, 5.74) is -1.21. The molecule has 1 aliphatic rings. The van der Waals surface area contributed by atoms with Gasteiger partial charge in [-0.1, -0.05) is 0 Å². The third-order valence-electron chi connectivity index (χ3n) is 3.98. The van der Waals surface area contributed by atoms with E-state index in [-0.39, 0.29) is 17.7 Å². The standard InChI is InChI=1S/C13H22N2O4/c1-9(16)15-7-5-10(6-8-15)11(17)14(4)13(2,3)12(18)19/h10H,5-8H2,1-4H3,(H,18,19). The van der Waals surface area contributed by atoms with E-state index in [0.29, 0.717) is 25.9 Å². The van der Waals surface area contributed by atoms with Crippen molar-refractivity contribution in [3.8, 4) is 0 Å². The number of likely N-dealkylation sites (N-methyl/N-ethyl adjacent to an activating group) is 1. The van der Waals surface area contributed by atoms with Gasteiger partial charge in [-0.25, -0.2) is 4.79 Å². The van der Waals surface area contributed by atoms with Crippen LogP contribution in [0.5, 0.6) is 0 Å². The van der Waals surface area contributed by atoms with Crippen LogP contribution in [0.3, 0.4) is 0 Å². The minimum atomic E-state index is -1.21. The summed E-state index contributed by atoms with van der Waals surface area (Å²) in [4.78, 5) is 37.6. The molecule has 0 aliphatic carbocycles. The average Bonchev–Trinajstić information content (AvgIpc) is 2.36. The first-order valence-electron chi connectivity index (χ1n) is 6.44. The summed E-state index contributed by atoms with van der Waals surface area (Å²) in [5, 5.41) is 9.13. The third-order valence-corrected chi connectivity index (χ3v) is 3.98. The Kier molecular flexibility index (Phi) is 4.55. The minimum absolute atomic E-state index is 0.0186. The first-order chi connectivity index (χ1) is 8.67. The van der Waals surface area contributed by atoms with Crippen molar-refractivity contribution in [1.29, 1.82) is 0 Å². The molecule has 19 heavy (non-hydrogen) atoms. The number of rotatable bonds is 3. The molecule has 0 aromatic carbocycles. The number of carbonyl (C=O) groups is 3. The minimum Gasteiger partial charge on any atom is -0.480 e. The van der Waals surface area contributed by atoms with Crippen LogP contribution in [-0.2, 0) is 14.4 Å². The van der Waals surface area contributed by atoms with Crippen LogP contribution in [-0.4, -0.2) is 58.4 Å². The van der Waals surface area contributed by atoms with Crippen LogP contribution >= 0.6 is 0 Å². The molecular formula is C13H22N2O4. The van der Waals surface area contributed by atoms with Gasteiger partial charge >= 0.3 is 5.97 Å². The van der Waals surface area contributed by atoms with Gasteiger partial charge in [-0.05, 0) is 26.7 Å². The number of hydrogen-bond acceptors (Lipinski definition) is 3.